The van der Waals surface area contributed by atoms with Gasteiger partial charge in [0, 0.05) is 31.1 Å². The molecule has 8 nitrogen and oxygen atoms in total. The van der Waals surface area contributed by atoms with Crippen LogP contribution in [0.1, 0.15) is 53.9 Å². The Bertz CT molecular complexity index is 988. The van der Waals surface area contributed by atoms with Crippen molar-refractivity contribution in [1.82, 2.24) is 5.32 Å². The summed E-state index contributed by atoms with van der Waals surface area (Å²) in [6.07, 6.45) is 2.21. The minimum Gasteiger partial charge on any atom is -0.450 e. The molecule has 0 aliphatic carbocycles. The van der Waals surface area contributed by atoms with Gasteiger partial charge in [0.15, 0.2) is 0 Å². The van der Waals surface area contributed by atoms with Gasteiger partial charge in [-0.3, -0.25) is 0 Å². The molecule has 0 aromatic heterocycles. The van der Waals surface area contributed by atoms with Crippen LogP contribution in [0, 0.1) is 0 Å². The van der Waals surface area contributed by atoms with Crippen molar-refractivity contribution < 1.29 is 28.2 Å². The molecule has 0 aliphatic rings. The van der Waals surface area contributed by atoms with E-state index in [0.717, 1.165) is 19.3 Å². The lowest BCUT2D eigenvalue weighted by molar-refractivity contribution is 0.0512. The van der Waals surface area contributed by atoms with Gasteiger partial charge in [-0.25, -0.2) is 4.79 Å². The smallest absolute Gasteiger partial charge is 0.407 e. The standard InChI is InChI=1S/C33H54N2O6S2Si/c1-32(2,3)44(29-14-8-6-9-15-29,30-16-10-7-11-17-30)41-22-13-12-21-39-28-42-43-33(4,5)18-23-40-31(36)35-20-25-38-27-26-37-24-19-34/h6-11,14-17H,12-13,18-28,34H2,1-5H3,(H,35,36). The number of nitrogens with two attached hydrogens (primary N) is 1. The Kier molecular flexibility index (Phi) is 18.7. The third-order valence-electron chi connectivity index (χ3n) is 6.92. The van der Waals surface area contributed by atoms with Crippen LogP contribution in [0.2, 0.25) is 5.04 Å². The summed E-state index contributed by atoms with van der Waals surface area (Å²) in [6.45, 7) is 15.8. The first-order valence-corrected chi connectivity index (χ1v) is 19.7. The zero-order valence-electron chi connectivity index (χ0n) is 27.3. The van der Waals surface area contributed by atoms with Crippen LogP contribution in [0.15, 0.2) is 60.7 Å². The molecule has 0 saturated carbocycles. The first-order valence-electron chi connectivity index (χ1n) is 15.5. The third kappa shape index (κ3) is 14.2. The fraction of sp³-hybridized carbons (Fsp3) is 0.606. The van der Waals surface area contributed by atoms with Crippen LogP contribution in [0.4, 0.5) is 4.79 Å². The number of hydrogen-bond acceptors (Lipinski definition) is 9. The van der Waals surface area contributed by atoms with E-state index in [9.17, 15) is 4.79 Å². The highest BCUT2D eigenvalue weighted by atomic mass is 33.1. The molecule has 44 heavy (non-hydrogen) atoms. The van der Waals surface area contributed by atoms with E-state index in [-0.39, 0.29) is 9.79 Å². The van der Waals surface area contributed by atoms with Crippen LogP contribution >= 0.6 is 21.6 Å². The van der Waals surface area contributed by atoms with Gasteiger partial charge in [-0.2, -0.15) is 0 Å². The number of rotatable bonds is 23. The van der Waals surface area contributed by atoms with E-state index >= 15 is 0 Å². The van der Waals surface area contributed by atoms with Gasteiger partial charge in [0.25, 0.3) is 8.32 Å². The lowest BCUT2D eigenvalue weighted by Gasteiger charge is -2.43. The maximum atomic E-state index is 11.9. The molecule has 0 bridgehead atoms. The molecule has 0 spiro atoms. The molecule has 0 radical (unpaired) electrons. The average molecular weight is 667 g/mol. The zero-order chi connectivity index (χ0) is 32.2. The Labute approximate surface area is 274 Å². The molecule has 3 N–H and O–H groups in total. The van der Waals surface area contributed by atoms with Gasteiger partial charge in [-0.15, -0.1) is 0 Å². The normalized spacial score (nSPS) is 12.3. The second-order valence-corrected chi connectivity index (χ2v) is 19.3. The monoisotopic (exact) mass is 666 g/mol. The fourth-order valence-corrected chi connectivity index (χ4v) is 11.6. The number of carbonyl (C=O) groups excluding carboxylic acids is 1. The maximum absolute atomic E-state index is 11.9. The van der Waals surface area contributed by atoms with Crippen LogP contribution in [0.25, 0.3) is 0 Å². The molecule has 0 atom stereocenters. The minimum atomic E-state index is -2.48. The molecule has 0 fully saturated rings. The lowest BCUT2D eigenvalue weighted by atomic mass is 10.1. The van der Waals surface area contributed by atoms with Crippen molar-refractivity contribution in [2.45, 2.75) is 63.7 Å². The maximum Gasteiger partial charge on any atom is 0.407 e. The summed E-state index contributed by atoms with van der Waals surface area (Å²) in [7, 11) is 0.963. The van der Waals surface area contributed by atoms with Crippen molar-refractivity contribution in [3.8, 4) is 0 Å². The molecule has 248 valence electrons. The molecule has 2 rings (SSSR count). The largest absolute Gasteiger partial charge is 0.450 e. The summed E-state index contributed by atoms with van der Waals surface area (Å²) in [6, 6.07) is 21.5. The van der Waals surface area contributed by atoms with E-state index in [0.29, 0.717) is 65.3 Å². The van der Waals surface area contributed by atoms with Crippen LogP contribution < -0.4 is 21.4 Å². The summed E-state index contributed by atoms with van der Waals surface area (Å²) < 4.78 is 28.7. The summed E-state index contributed by atoms with van der Waals surface area (Å²) in [5.41, 5.74) is 5.35. The van der Waals surface area contributed by atoms with Crippen molar-refractivity contribution in [1.29, 1.82) is 0 Å². The summed E-state index contributed by atoms with van der Waals surface area (Å²) in [5.74, 6) is 0.613. The van der Waals surface area contributed by atoms with E-state index < -0.39 is 14.4 Å². The Hall–Kier alpha value is -1.57. The van der Waals surface area contributed by atoms with E-state index in [4.69, 9.17) is 29.1 Å². The van der Waals surface area contributed by atoms with Crippen LogP contribution in [-0.2, 0) is 23.4 Å². The molecule has 0 saturated heterocycles. The Morgan fingerprint density at radius 1 is 0.773 bits per heavy atom. The SMILES string of the molecule is CC(C)(CCOC(=O)NCCOCCOCCN)SSCOCCCCO[Si](c1ccccc1)(c1ccccc1)C(C)(C)C. The number of ether oxygens (including phenoxy) is 4. The minimum absolute atomic E-state index is 0.0167. The number of alkyl carbamates (subject to hydrolysis) is 1. The molecule has 11 heteroatoms. The number of benzene rings is 2. The van der Waals surface area contributed by atoms with Gasteiger partial charge in [-0.1, -0.05) is 103 Å². The highest BCUT2D eigenvalue weighted by Crippen LogP contribution is 2.38. The Morgan fingerprint density at radius 3 is 1.95 bits per heavy atom. The second kappa shape index (κ2) is 21.3. The van der Waals surface area contributed by atoms with Crippen molar-refractivity contribution in [3.05, 3.63) is 60.7 Å². The quantitative estimate of drug-likeness (QED) is 0.0681. The topological polar surface area (TPSA) is 101 Å². The zero-order valence-corrected chi connectivity index (χ0v) is 29.9. The highest BCUT2D eigenvalue weighted by molar-refractivity contribution is 8.77. The van der Waals surface area contributed by atoms with Crippen molar-refractivity contribution in [3.63, 3.8) is 0 Å². The molecule has 0 heterocycles. The molecular formula is C33H54N2O6S2Si. The van der Waals surface area contributed by atoms with Crippen LogP contribution in [0.3, 0.4) is 0 Å². The number of hydrogen-bond donors (Lipinski definition) is 2. The van der Waals surface area contributed by atoms with Gasteiger partial charge in [0.05, 0.1) is 33.0 Å². The molecule has 2 aromatic rings. The predicted molar refractivity (Wildman–Crippen MR) is 188 cm³/mol. The number of carbonyl (C=O) groups is 1. The number of unbranched alkanes of at least 4 members (excludes halogenated alkanes) is 1. The van der Waals surface area contributed by atoms with Crippen molar-refractivity contribution in [2.24, 2.45) is 5.73 Å². The fourth-order valence-electron chi connectivity index (χ4n) is 4.68. The van der Waals surface area contributed by atoms with Crippen molar-refractivity contribution >= 4 is 46.4 Å². The van der Waals surface area contributed by atoms with E-state index in [2.05, 4.69) is 101 Å². The van der Waals surface area contributed by atoms with Gasteiger partial charge < -0.3 is 34.4 Å². The summed E-state index contributed by atoms with van der Waals surface area (Å²) >= 11 is 0. The predicted octanol–water partition coefficient (Wildman–Crippen LogP) is 5.59. The van der Waals surface area contributed by atoms with Crippen LogP contribution in [-0.4, -0.2) is 84.4 Å². The third-order valence-corrected chi connectivity index (χ3v) is 15.0. The molecule has 2 aromatic carbocycles. The Balaban J connectivity index is 1.61. The van der Waals surface area contributed by atoms with E-state index in [1.165, 1.54) is 10.4 Å². The first-order chi connectivity index (χ1) is 21.1. The lowest BCUT2D eigenvalue weighted by Crippen LogP contribution is -2.66. The van der Waals surface area contributed by atoms with Gasteiger partial charge in [0.1, 0.15) is 5.94 Å². The molecular weight excluding hydrogens is 613 g/mol. The van der Waals surface area contributed by atoms with Crippen molar-refractivity contribution in [2.75, 3.05) is 65.3 Å². The van der Waals surface area contributed by atoms with Gasteiger partial charge in [-0.05, 0) is 48.5 Å². The van der Waals surface area contributed by atoms with Gasteiger partial charge >= 0.3 is 6.09 Å². The van der Waals surface area contributed by atoms with E-state index in [1.54, 1.807) is 21.6 Å². The second-order valence-electron chi connectivity index (χ2n) is 12.0. The van der Waals surface area contributed by atoms with E-state index in [1.807, 2.05) is 0 Å². The van der Waals surface area contributed by atoms with Gasteiger partial charge in [0.2, 0.25) is 0 Å². The number of amides is 1. The molecule has 1 amide bonds. The molecule has 0 unspecified atom stereocenters. The average Bonchev–Trinajstić information content (AvgIpc) is 2.99. The number of nitrogens with one attached hydrogen (secondary N) is 1. The highest BCUT2D eigenvalue weighted by Gasteiger charge is 2.49. The summed E-state index contributed by atoms with van der Waals surface area (Å²) in [5, 5.41) is 5.30. The van der Waals surface area contributed by atoms with Crippen LogP contribution in [0.5, 0.6) is 0 Å². The Morgan fingerprint density at radius 2 is 1.36 bits per heavy atom. The first kappa shape index (κ1) is 38.6. The summed E-state index contributed by atoms with van der Waals surface area (Å²) in [4.78, 5) is 11.9. The molecule has 0 aliphatic heterocycles.